The molecule has 0 atom stereocenters. The van der Waals surface area contributed by atoms with Gasteiger partial charge in [0, 0.05) is 31.7 Å². The summed E-state index contributed by atoms with van der Waals surface area (Å²) in [5, 5.41) is 16.4. The maximum absolute atomic E-state index is 12.4. The highest BCUT2D eigenvalue weighted by molar-refractivity contribution is 7.19. The Bertz CT molecular complexity index is 1550. The molecule has 0 spiro atoms. The number of halogens is 1. The van der Waals surface area contributed by atoms with E-state index in [4.69, 9.17) is 21.3 Å². The van der Waals surface area contributed by atoms with Crippen LogP contribution in [0.4, 0.5) is 4.79 Å². The van der Waals surface area contributed by atoms with Crippen LogP contribution in [0.25, 0.3) is 37.8 Å². The van der Waals surface area contributed by atoms with Gasteiger partial charge in [0.25, 0.3) is 0 Å². The molecule has 0 radical (unpaired) electrons. The van der Waals surface area contributed by atoms with Gasteiger partial charge in [-0.2, -0.15) is 10.4 Å². The zero-order valence-electron chi connectivity index (χ0n) is 19.9. The number of carbonyl (C=O) groups excluding carboxylic acids is 1. The van der Waals surface area contributed by atoms with E-state index in [2.05, 4.69) is 17.2 Å². The van der Waals surface area contributed by atoms with Gasteiger partial charge < -0.3 is 9.64 Å². The van der Waals surface area contributed by atoms with Crippen LogP contribution in [-0.4, -0.2) is 44.4 Å². The fourth-order valence-corrected chi connectivity index (χ4v) is 5.57. The quantitative estimate of drug-likeness (QED) is 0.314. The summed E-state index contributed by atoms with van der Waals surface area (Å²) in [6, 6.07) is 10.1. The number of rotatable bonds is 2. The molecule has 0 fully saturated rings. The molecule has 2 aromatic heterocycles. The fourth-order valence-electron chi connectivity index (χ4n) is 4.16. The number of ether oxygens (including phenoxy) is 1. The van der Waals surface area contributed by atoms with Gasteiger partial charge in [0.2, 0.25) is 0 Å². The first kappa shape index (κ1) is 23.3. The zero-order chi connectivity index (χ0) is 24.9. The number of nitrogens with zero attached hydrogens (tertiary/aromatic N) is 5. The topological polar surface area (TPSA) is 84.0 Å². The predicted octanol–water partition coefficient (Wildman–Crippen LogP) is 6.40. The monoisotopic (exact) mass is 505 g/mol. The molecule has 1 amide bonds. The van der Waals surface area contributed by atoms with Crippen molar-refractivity contribution in [3.63, 3.8) is 0 Å². The summed E-state index contributed by atoms with van der Waals surface area (Å²) in [7, 11) is 1.84. The molecule has 0 N–H and O–H groups in total. The van der Waals surface area contributed by atoms with Gasteiger partial charge in [-0.1, -0.05) is 17.7 Å². The lowest BCUT2D eigenvalue weighted by Crippen LogP contribution is -2.39. The number of fused-ring (bicyclic) bond motifs is 2. The van der Waals surface area contributed by atoms with Gasteiger partial charge in [0.15, 0.2) is 0 Å². The van der Waals surface area contributed by atoms with Gasteiger partial charge in [0.05, 0.1) is 15.3 Å². The first-order valence-electron chi connectivity index (χ1n) is 11.3. The molecule has 0 unspecified atom stereocenters. The lowest BCUT2D eigenvalue weighted by molar-refractivity contribution is 0.0270. The van der Waals surface area contributed by atoms with Crippen LogP contribution in [0.2, 0.25) is 5.02 Å². The summed E-state index contributed by atoms with van der Waals surface area (Å²) in [6.07, 6.45) is 4.34. The van der Waals surface area contributed by atoms with Crippen molar-refractivity contribution in [3.8, 4) is 17.2 Å². The Balaban J connectivity index is 1.46. The van der Waals surface area contributed by atoms with Gasteiger partial charge in [-0.05, 0) is 68.2 Å². The van der Waals surface area contributed by atoms with Crippen molar-refractivity contribution < 1.29 is 9.53 Å². The van der Waals surface area contributed by atoms with Crippen molar-refractivity contribution in [2.75, 3.05) is 13.1 Å². The molecule has 5 rings (SSSR count). The fraction of sp³-hybridized carbons (Fsp3) is 0.308. The van der Waals surface area contributed by atoms with Crippen LogP contribution in [0.1, 0.15) is 37.8 Å². The Labute approximate surface area is 212 Å². The number of amides is 1. The first-order chi connectivity index (χ1) is 16.6. The number of nitriles is 1. The molecular formula is C26H24ClN5O2S. The SMILES string of the molecule is Cn1cc2cc(-c3cc(Cl)c4nc(C5=CCN(C(=O)OC(C)(C)C)CC5)sc4c3)cc(C#N)c2n1. The number of benzene rings is 2. The third-order valence-electron chi connectivity index (χ3n) is 5.76. The van der Waals surface area contributed by atoms with E-state index in [9.17, 15) is 10.1 Å². The second-order valence-electron chi connectivity index (χ2n) is 9.61. The minimum Gasteiger partial charge on any atom is -0.444 e. The first-order valence-corrected chi connectivity index (χ1v) is 12.5. The number of thiazole rings is 1. The minimum atomic E-state index is -0.516. The van der Waals surface area contributed by atoms with Crippen molar-refractivity contribution in [1.29, 1.82) is 5.26 Å². The summed E-state index contributed by atoms with van der Waals surface area (Å²) in [5.74, 6) is 0. The standard InChI is InChI=1S/C26H24ClN5O2S/c1-26(2,3)34-25(33)32-7-5-15(6-8-32)24-29-23-20(27)11-17(12-21(23)35-24)16-9-18(13-28)22-19(10-16)14-31(4)30-22/h5,9-12,14H,6-8H2,1-4H3. The Kier molecular flexibility index (Phi) is 5.78. The molecule has 35 heavy (non-hydrogen) atoms. The number of aromatic nitrogens is 3. The average molecular weight is 506 g/mol. The van der Waals surface area contributed by atoms with Gasteiger partial charge in [-0.25, -0.2) is 9.78 Å². The number of hydrogen-bond acceptors (Lipinski definition) is 6. The molecule has 0 aliphatic carbocycles. The van der Waals surface area contributed by atoms with Crippen LogP contribution in [0, 0.1) is 11.3 Å². The maximum atomic E-state index is 12.4. The van der Waals surface area contributed by atoms with E-state index in [1.165, 1.54) is 0 Å². The second kappa shape index (κ2) is 8.67. The summed E-state index contributed by atoms with van der Waals surface area (Å²) < 4.78 is 8.17. The van der Waals surface area contributed by atoms with Crippen LogP contribution in [0.15, 0.2) is 36.5 Å². The van der Waals surface area contributed by atoms with Crippen molar-refractivity contribution in [3.05, 3.63) is 52.1 Å². The summed E-state index contributed by atoms with van der Waals surface area (Å²) in [5.41, 5.74) is 4.40. The average Bonchev–Trinajstić information content (AvgIpc) is 3.40. The zero-order valence-corrected chi connectivity index (χ0v) is 21.5. The largest absolute Gasteiger partial charge is 0.444 e. The van der Waals surface area contributed by atoms with Crippen molar-refractivity contribution in [2.24, 2.45) is 7.05 Å². The lowest BCUT2D eigenvalue weighted by atomic mass is 10.0. The van der Waals surface area contributed by atoms with Crippen molar-refractivity contribution in [1.82, 2.24) is 19.7 Å². The van der Waals surface area contributed by atoms with Crippen molar-refractivity contribution >= 4 is 55.7 Å². The normalized spacial score (nSPS) is 14.3. The molecule has 0 saturated carbocycles. The summed E-state index contributed by atoms with van der Waals surface area (Å²) in [4.78, 5) is 18.9. The summed E-state index contributed by atoms with van der Waals surface area (Å²) in [6.45, 7) is 6.67. The van der Waals surface area contributed by atoms with Crippen LogP contribution in [0.5, 0.6) is 0 Å². The van der Waals surface area contributed by atoms with E-state index >= 15 is 0 Å². The van der Waals surface area contributed by atoms with Crippen LogP contribution in [-0.2, 0) is 11.8 Å². The van der Waals surface area contributed by atoms with E-state index in [-0.39, 0.29) is 6.09 Å². The van der Waals surface area contributed by atoms with Gasteiger partial charge in [-0.3, -0.25) is 4.68 Å². The Morgan fingerprint density at radius 1 is 1.20 bits per heavy atom. The minimum absolute atomic E-state index is 0.299. The Hall–Kier alpha value is -3.41. The summed E-state index contributed by atoms with van der Waals surface area (Å²) >= 11 is 8.24. The highest BCUT2D eigenvalue weighted by Crippen LogP contribution is 2.38. The van der Waals surface area contributed by atoms with Gasteiger partial charge in [0.1, 0.15) is 27.7 Å². The predicted molar refractivity (Wildman–Crippen MR) is 139 cm³/mol. The molecule has 2 aromatic carbocycles. The van der Waals surface area contributed by atoms with E-state index in [0.29, 0.717) is 35.6 Å². The van der Waals surface area contributed by atoms with E-state index in [1.54, 1.807) is 20.9 Å². The molecule has 0 saturated heterocycles. The smallest absolute Gasteiger partial charge is 0.410 e. The molecule has 9 heteroatoms. The molecule has 178 valence electrons. The molecular weight excluding hydrogens is 482 g/mol. The van der Waals surface area contributed by atoms with Crippen LogP contribution < -0.4 is 0 Å². The molecule has 7 nitrogen and oxygen atoms in total. The molecule has 1 aliphatic rings. The van der Waals surface area contributed by atoms with E-state index in [0.717, 1.165) is 37.3 Å². The third kappa shape index (κ3) is 4.62. The van der Waals surface area contributed by atoms with Crippen LogP contribution >= 0.6 is 22.9 Å². The Morgan fingerprint density at radius 2 is 1.97 bits per heavy atom. The maximum Gasteiger partial charge on any atom is 0.410 e. The highest BCUT2D eigenvalue weighted by atomic mass is 35.5. The van der Waals surface area contributed by atoms with Crippen LogP contribution in [0.3, 0.4) is 0 Å². The molecule has 1 aliphatic heterocycles. The lowest BCUT2D eigenvalue weighted by Gasteiger charge is -2.29. The van der Waals surface area contributed by atoms with E-state index in [1.807, 2.05) is 58.3 Å². The molecule has 4 aromatic rings. The number of aryl methyl sites for hydroxylation is 1. The molecule has 0 bridgehead atoms. The highest BCUT2D eigenvalue weighted by Gasteiger charge is 2.25. The second-order valence-corrected chi connectivity index (χ2v) is 11.0. The van der Waals surface area contributed by atoms with Crippen molar-refractivity contribution in [2.45, 2.75) is 32.8 Å². The number of carbonyl (C=O) groups is 1. The van der Waals surface area contributed by atoms with E-state index < -0.39 is 5.60 Å². The molecule has 3 heterocycles. The Morgan fingerprint density at radius 3 is 2.66 bits per heavy atom. The van der Waals surface area contributed by atoms with Gasteiger partial charge >= 0.3 is 6.09 Å². The van der Waals surface area contributed by atoms with Gasteiger partial charge in [-0.15, -0.1) is 11.3 Å². The number of hydrogen-bond donors (Lipinski definition) is 0. The third-order valence-corrected chi connectivity index (χ3v) is 7.13.